The van der Waals surface area contributed by atoms with E-state index in [0.29, 0.717) is 12.5 Å². The van der Waals surface area contributed by atoms with Crippen molar-refractivity contribution in [1.82, 2.24) is 9.97 Å². The third kappa shape index (κ3) is 3.90. The maximum atomic E-state index is 4.57. The molecule has 0 aliphatic rings. The summed E-state index contributed by atoms with van der Waals surface area (Å²) < 4.78 is 0. The highest BCUT2D eigenvalue weighted by molar-refractivity contribution is 5.65. The van der Waals surface area contributed by atoms with Crippen LogP contribution in [0.5, 0.6) is 0 Å². The lowest BCUT2D eigenvalue weighted by molar-refractivity contribution is 1.05. The molecule has 0 unspecified atom stereocenters. The van der Waals surface area contributed by atoms with Gasteiger partial charge >= 0.3 is 0 Å². The summed E-state index contributed by atoms with van der Waals surface area (Å²) >= 11 is 0. The minimum atomic E-state index is 0.621. The van der Waals surface area contributed by atoms with Gasteiger partial charge in [-0.15, -0.1) is 0 Å². The molecule has 0 radical (unpaired) electrons. The van der Waals surface area contributed by atoms with Crippen LogP contribution in [0.2, 0.25) is 0 Å². The molecule has 2 N–H and O–H groups in total. The fraction of sp³-hybridized carbons (Fsp3) is 0.200. The summed E-state index contributed by atoms with van der Waals surface area (Å²) in [7, 11) is 0. The van der Waals surface area contributed by atoms with Crippen LogP contribution < -0.4 is 10.6 Å². The normalized spacial score (nSPS) is 10.4. The number of rotatable bonds is 6. The molecule has 0 spiro atoms. The first-order valence-corrected chi connectivity index (χ1v) is 8.22. The third-order valence-electron chi connectivity index (χ3n) is 3.94. The molecule has 3 aromatic rings. The van der Waals surface area contributed by atoms with Crippen LogP contribution in [0, 0.1) is 6.92 Å². The van der Waals surface area contributed by atoms with Gasteiger partial charge < -0.3 is 10.6 Å². The van der Waals surface area contributed by atoms with Crippen molar-refractivity contribution in [3.63, 3.8) is 0 Å². The molecule has 1 aromatic heterocycles. The molecule has 0 aliphatic heterocycles. The fourth-order valence-electron chi connectivity index (χ4n) is 2.62. The predicted octanol–water partition coefficient (Wildman–Crippen LogP) is 4.70. The number of nitrogens with zero attached hydrogens (tertiary/aromatic N) is 2. The second kappa shape index (κ2) is 7.59. The molecule has 0 atom stereocenters. The quantitative estimate of drug-likeness (QED) is 0.691. The topological polar surface area (TPSA) is 49.8 Å². The summed E-state index contributed by atoms with van der Waals surface area (Å²) in [5.41, 5.74) is 4.83. The second-order valence-corrected chi connectivity index (χ2v) is 5.69. The highest BCUT2D eigenvalue weighted by Gasteiger charge is 2.06. The third-order valence-corrected chi connectivity index (χ3v) is 3.94. The van der Waals surface area contributed by atoms with Crippen LogP contribution in [0.1, 0.15) is 23.6 Å². The Morgan fingerprint density at radius 1 is 0.958 bits per heavy atom. The van der Waals surface area contributed by atoms with Crippen LogP contribution in [0.3, 0.4) is 0 Å². The molecule has 0 bridgehead atoms. The molecular formula is C20H22N4. The maximum absolute atomic E-state index is 4.57. The summed E-state index contributed by atoms with van der Waals surface area (Å²) in [6, 6.07) is 18.5. The molecule has 4 heteroatoms. The van der Waals surface area contributed by atoms with E-state index in [1.807, 2.05) is 24.3 Å². The lowest BCUT2D eigenvalue weighted by Gasteiger charge is -2.14. The van der Waals surface area contributed by atoms with E-state index in [1.165, 1.54) is 16.7 Å². The van der Waals surface area contributed by atoms with Crippen molar-refractivity contribution in [2.75, 3.05) is 10.6 Å². The van der Waals surface area contributed by atoms with Crippen molar-refractivity contribution in [3.05, 3.63) is 77.5 Å². The Kier molecular flexibility index (Phi) is 5.06. The molecule has 4 nitrogen and oxygen atoms in total. The standard InChI is InChI=1S/C20H22N4/c1-3-17-11-7-8-15(2)19(17)23-18-12-13-21-20(24-18)22-14-16-9-5-4-6-10-16/h4-13H,3,14H2,1-2H3,(H2,21,22,23,24). The Balaban J connectivity index is 1.74. The van der Waals surface area contributed by atoms with E-state index < -0.39 is 0 Å². The van der Waals surface area contributed by atoms with E-state index in [4.69, 9.17) is 0 Å². The smallest absolute Gasteiger partial charge is 0.224 e. The van der Waals surface area contributed by atoms with E-state index in [0.717, 1.165) is 17.9 Å². The molecule has 3 rings (SSSR count). The van der Waals surface area contributed by atoms with Crippen molar-refractivity contribution in [2.45, 2.75) is 26.8 Å². The van der Waals surface area contributed by atoms with Crippen LogP contribution in [0.15, 0.2) is 60.8 Å². The molecular weight excluding hydrogens is 296 g/mol. The van der Waals surface area contributed by atoms with Crippen molar-refractivity contribution in [2.24, 2.45) is 0 Å². The van der Waals surface area contributed by atoms with Crippen LogP contribution >= 0.6 is 0 Å². The predicted molar refractivity (Wildman–Crippen MR) is 99.6 cm³/mol. The van der Waals surface area contributed by atoms with Gasteiger partial charge in [-0.05, 0) is 36.1 Å². The number of benzene rings is 2. The van der Waals surface area contributed by atoms with Crippen molar-refractivity contribution in [3.8, 4) is 0 Å². The van der Waals surface area contributed by atoms with Gasteiger partial charge in [-0.25, -0.2) is 4.98 Å². The van der Waals surface area contributed by atoms with Crippen LogP contribution in [-0.4, -0.2) is 9.97 Å². The summed E-state index contributed by atoms with van der Waals surface area (Å²) in [5.74, 6) is 1.42. The lowest BCUT2D eigenvalue weighted by atomic mass is 10.1. The minimum Gasteiger partial charge on any atom is -0.350 e. The van der Waals surface area contributed by atoms with Crippen molar-refractivity contribution < 1.29 is 0 Å². The van der Waals surface area contributed by atoms with Crippen LogP contribution in [-0.2, 0) is 13.0 Å². The van der Waals surface area contributed by atoms with Gasteiger partial charge in [-0.2, -0.15) is 4.98 Å². The number of aromatic nitrogens is 2. The van der Waals surface area contributed by atoms with Gasteiger partial charge in [0.2, 0.25) is 5.95 Å². The van der Waals surface area contributed by atoms with Gasteiger partial charge in [0.05, 0.1) is 0 Å². The number of anilines is 3. The van der Waals surface area contributed by atoms with E-state index in [1.54, 1.807) is 6.20 Å². The summed E-state index contributed by atoms with van der Waals surface area (Å²) in [6.45, 7) is 4.97. The maximum Gasteiger partial charge on any atom is 0.224 e. The van der Waals surface area contributed by atoms with Gasteiger partial charge in [-0.3, -0.25) is 0 Å². The van der Waals surface area contributed by atoms with E-state index >= 15 is 0 Å². The Hall–Kier alpha value is -2.88. The van der Waals surface area contributed by atoms with Gasteiger partial charge in [0, 0.05) is 18.4 Å². The second-order valence-electron chi connectivity index (χ2n) is 5.69. The Morgan fingerprint density at radius 3 is 2.58 bits per heavy atom. The van der Waals surface area contributed by atoms with Gasteiger partial charge in [0.15, 0.2) is 0 Å². The first kappa shape index (κ1) is 16.0. The first-order chi connectivity index (χ1) is 11.8. The highest BCUT2D eigenvalue weighted by atomic mass is 15.1. The van der Waals surface area contributed by atoms with E-state index in [-0.39, 0.29) is 0 Å². The summed E-state index contributed by atoms with van der Waals surface area (Å²) in [4.78, 5) is 8.87. The van der Waals surface area contributed by atoms with Crippen molar-refractivity contribution in [1.29, 1.82) is 0 Å². The van der Waals surface area contributed by atoms with E-state index in [9.17, 15) is 0 Å². The lowest BCUT2D eigenvalue weighted by Crippen LogP contribution is -2.06. The molecule has 0 saturated carbocycles. The SMILES string of the molecule is CCc1cccc(C)c1Nc1ccnc(NCc2ccccc2)n1. The average Bonchev–Trinajstić information content (AvgIpc) is 2.63. The number of para-hydroxylation sites is 1. The van der Waals surface area contributed by atoms with E-state index in [2.05, 4.69) is 64.8 Å². The molecule has 2 aromatic carbocycles. The average molecular weight is 318 g/mol. The number of aryl methyl sites for hydroxylation is 2. The molecule has 0 aliphatic carbocycles. The Labute approximate surface area is 143 Å². The van der Waals surface area contributed by atoms with Crippen LogP contribution in [0.4, 0.5) is 17.5 Å². The minimum absolute atomic E-state index is 0.621. The van der Waals surface area contributed by atoms with Crippen LogP contribution in [0.25, 0.3) is 0 Å². The number of hydrogen-bond donors (Lipinski definition) is 2. The zero-order valence-corrected chi connectivity index (χ0v) is 14.1. The fourth-order valence-corrected chi connectivity index (χ4v) is 2.62. The monoisotopic (exact) mass is 318 g/mol. The molecule has 1 heterocycles. The largest absolute Gasteiger partial charge is 0.350 e. The Bertz CT molecular complexity index is 800. The van der Waals surface area contributed by atoms with Crippen molar-refractivity contribution >= 4 is 17.5 Å². The van der Waals surface area contributed by atoms with Gasteiger partial charge in [0.1, 0.15) is 5.82 Å². The molecule has 122 valence electrons. The highest BCUT2D eigenvalue weighted by Crippen LogP contribution is 2.24. The van der Waals surface area contributed by atoms with Gasteiger partial charge in [0.25, 0.3) is 0 Å². The summed E-state index contributed by atoms with van der Waals surface area (Å²) in [5, 5.41) is 6.71. The molecule has 0 fully saturated rings. The number of nitrogens with one attached hydrogen (secondary N) is 2. The number of hydrogen-bond acceptors (Lipinski definition) is 4. The zero-order valence-electron chi connectivity index (χ0n) is 14.1. The molecule has 0 saturated heterocycles. The molecule has 0 amide bonds. The Morgan fingerprint density at radius 2 is 1.79 bits per heavy atom. The molecule has 24 heavy (non-hydrogen) atoms. The summed E-state index contributed by atoms with van der Waals surface area (Å²) in [6.07, 6.45) is 2.75. The zero-order chi connectivity index (χ0) is 16.8. The first-order valence-electron chi connectivity index (χ1n) is 8.22. The van der Waals surface area contributed by atoms with Gasteiger partial charge in [-0.1, -0.05) is 55.5 Å².